The molecule has 0 fully saturated rings. The molecule has 2 rings (SSSR count). The molecule has 1 N–H and O–H groups in total. The minimum absolute atomic E-state index is 0.277. The van der Waals surface area contributed by atoms with Gasteiger partial charge in [0.15, 0.2) is 0 Å². The van der Waals surface area contributed by atoms with Crippen molar-refractivity contribution in [3.63, 3.8) is 0 Å². The Kier molecular flexibility index (Phi) is 4.40. The Balaban J connectivity index is 2.17. The highest BCUT2D eigenvalue weighted by atomic mass is 35.5. The Morgan fingerprint density at radius 1 is 1.26 bits per heavy atom. The van der Waals surface area contributed by atoms with Crippen LogP contribution in [-0.4, -0.2) is 12.2 Å². The fourth-order valence-corrected chi connectivity index (χ4v) is 2.14. The van der Waals surface area contributed by atoms with Crippen molar-refractivity contribution in [3.8, 4) is 5.75 Å². The molecule has 0 saturated carbocycles. The summed E-state index contributed by atoms with van der Waals surface area (Å²) in [6.45, 7) is 0. The SMILES string of the molecule is COc1cccc(CC(O)c2cc(F)cc(Cl)c2)c1. The van der Waals surface area contributed by atoms with Crippen molar-refractivity contribution >= 4 is 11.6 Å². The predicted octanol–water partition coefficient (Wildman–Crippen LogP) is 3.76. The Bertz CT molecular complexity index is 552. The standard InChI is InChI=1S/C15H14ClFO2/c1-19-14-4-2-3-10(5-14)6-15(18)11-7-12(16)9-13(17)8-11/h2-5,7-9,15,18H,6H2,1H3. The van der Waals surface area contributed by atoms with E-state index in [1.54, 1.807) is 13.2 Å². The van der Waals surface area contributed by atoms with Gasteiger partial charge < -0.3 is 9.84 Å². The van der Waals surface area contributed by atoms with Gasteiger partial charge >= 0.3 is 0 Å². The Morgan fingerprint density at radius 2 is 2.05 bits per heavy atom. The first-order valence-corrected chi connectivity index (χ1v) is 6.23. The topological polar surface area (TPSA) is 29.5 Å². The number of halogens is 2. The number of hydrogen-bond donors (Lipinski definition) is 1. The van der Waals surface area contributed by atoms with Crippen molar-refractivity contribution in [1.29, 1.82) is 0 Å². The van der Waals surface area contributed by atoms with Gasteiger partial charge in [0.2, 0.25) is 0 Å². The van der Waals surface area contributed by atoms with E-state index in [1.165, 1.54) is 12.1 Å². The molecule has 2 aromatic rings. The smallest absolute Gasteiger partial charge is 0.125 e. The van der Waals surface area contributed by atoms with Gasteiger partial charge in [0, 0.05) is 11.4 Å². The number of benzene rings is 2. The zero-order valence-electron chi connectivity index (χ0n) is 10.4. The maximum Gasteiger partial charge on any atom is 0.125 e. The number of aliphatic hydroxyl groups excluding tert-OH is 1. The van der Waals surface area contributed by atoms with Gasteiger partial charge in [-0.3, -0.25) is 0 Å². The van der Waals surface area contributed by atoms with Gasteiger partial charge in [-0.1, -0.05) is 23.7 Å². The molecule has 0 aliphatic heterocycles. The van der Waals surface area contributed by atoms with Crippen molar-refractivity contribution in [2.45, 2.75) is 12.5 Å². The summed E-state index contributed by atoms with van der Waals surface area (Å²) in [6, 6.07) is 11.5. The zero-order chi connectivity index (χ0) is 13.8. The van der Waals surface area contributed by atoms with Crippen LogP contribution in [0.15, 0.2) is 42.5 Å². The molecule has 1 atom stereocenters. The normalized spacial score (nSPS) is 12.2. The first-order chi connectivity index (χ1) is 9.08. The molecule has 0 aromatic heterocycles. The predicted molar refractivity (Wildman–Crippen MR) is 73.1 cm³/mol. The number of ether oxygens (including phenoxy) is 1. The second-order valence-corrected chi connectivity index (χ2v) is 4.71. The maximum atomic E-state index is 13.2. The van der Waals surface area contributed by atoms with Gasteiger partial charge in [0.1, 0.15) is 11.6 Å². The summed E-state index contributed by atoms with van der Waals surface area (Å²) >= 11 is 5.77. The molecule has 0 radical (unpaired) electrons. The summed E-state index contributed by atoms with van der Waals surface area (Å²) in [6.07, 6.45) is -0.433. The molecule has 0 aliphatic carbocycles. The number of hydrogen-bond acceptors (Lipinski definition) is 2. The van der Waals surface area contributed by atoms with E-state index in [4.69, 9.17) is 16.3 Å². The average molecular weight is 281 g/mol. The van der Waals surface area contributed by atoms with Crippen molar-refractivity contribution in [2.24, 2.45) is 0 Å². The van der Waals surface area contributed by atoms with Gasteiger partial charge in [-0.2, -0.15) is 0 Å². The van der Waals surface area contributed by atoms with E-state index >= 15 is 0 Å². The Labute approximate surface area is 116 Å². The largest absolute Gasteiger partial charge is 0.497 e. The van der Waals surface area contributed by atoms with E-state index in [1.807, 2.05) is 24.3 Å². The third-order valence-corrected chi connectivity index (χ3v) is 3.05. The molecule has 0 amide bonds. The lowest BCUT2D eigenvalue weighted by Gasteiger charge is -2.12. The maximum absolute atomic E-state index is 13.2. The highest BCUT2D eigenvalue weighted by Gasteiger charge is 2.11. The van der Waals surface area contributed by atoms with E-state index in [-0.39, 0.29) is 5.02 Å². The second kappa shape index (κ2) is 6.04. The summed E-state index contributed by atoms with van der Waals surface area (Å²) in [4.78, 5) is 0. The zero-order valence-corrected chi connectivity index (χ0v) is 11.2. The van der Waals surface area contributed by atoms with Gasteiger partial charge in [-0.05, 0) is 41.5 Å². The van der Waals surface area contributed by atoms with Crippen LogP contribution < -0.4 is 4.74 Å². The second-order valence-electron chi connectivity index (χ2n) is 4.27. The van der Waals surface area contributed by atoms with Crippen molar-refractivity contribution in [1.82, 2.24) is 0 Å². The van der Waals surface area contributed by atoms with Crippen LogP contribution in [0.3, 0.4) is 0 Å². The van der Waals surface area contributed by atoms with Crippen LogP contribution in [0.5, 0.6) is 5.75 Å². The molecule has 100 valence electrons. The van der Waals surface area contributed by atoms with Crippen molar-refractivity contribution in [3.05, 3.63) is 64.4 Å². The highest BCUT2D eigenvalue weighted by molar-refractivity contribution is 6.30. The lowest BCUT2D eigenvalue weighted by Crippen LogP contribution is -2.02. The van der Waals surface area contributed by atoms with Gasteiger partial charge in [-0.25, -0.2) is 4.39 Å². The molecule has 2 aromatic carbocycles. The number of aliphatic hydroxyl groups is 1. The van der Waals surface area contributed by atoms with Crippen LogP contribution in [-0.2, 0) is 6.42 Å². The van der Waals surface area contributed by atoms with Crippen molar-refractivity contribution < 1.29 is 14.2 Å². The van der Waals surface area contributed by atoms with Crippen LogP contribution in [0, 0.1) is 5.82 Å². The van der Waals surface area contributed by atoms with Crippen LogP contribution in [0.2, 0.25) is 5.02 Å². The van der Waals surface area contributed by atoms with E-state index < -0.39 is 11.9 Å². The van der Waals surface area contributed by atoms with Gasteiger partial charge in [-0.15, -0.1) is 0 Å². The minimum atomic E-state index is -0.805. The van der Waals surface area contributed by atoms with Crippen LogP contribution in [0.25, 0.3) is 0 Å². The quantitative estimate of drug-likeness (QED) is 0.924. The lowest BCUT2D eigenvalue weighted by molar-refractivity contribution is 0.178. The highest BCUT2D eigenvalue weighted by Crippen LogP contribution is 2.24. The van der Waals surface area contributed by atoms with E-state index in [0.29, 0.717) is 12.0 Å². The third-order valence-electron chi connectivity index (χ3n) is 2.83. The molecular weight excluding hydrogens is 267 g/mol. The van der Waals surface area contributed by atoms with Gasteiger partial charge in [0.25, 0.3) is 0 Å². The van der Waals surface area contributed by atoms with E-state index in [2.05, 4.69) is 0 Å². The molecular formula is C15H14ClFO2. The lowest BCUT2D eigenvalue weighted by atomic mass is 10.0. The van der Waals surface area contributed by atoms with Crippen LogP contribution >= 0.6 is 11.6 Å². The minimum Gasteiger partial charge on any atom is -0.497 e. The molecule has 0 saturated heterocycles. The molecule has 4 heteroatoms. The molecule has 0 spiro atoms. The fourth-order valence-electron chi connectivity index (χ4n) is 1.91. The first kappa shape index (κ1) is 13.8. The van der Waals surface area contributed by atoms with E-state index in [9.17, 15) is 9.50 Å². The van der Waals surface area contributed by atoms with Crippen LogP contribution in [0.1, 0.15) is 17.2 Å². The summed E-state index contributed by atoms with van der Waals surface area (Å²) in [5.74, 6) is 0.272. The Hall–Kier alpha value is -1.58. The summed E-state index contributed by atoms with van der Waals surface area (Å²) < 4.78 is 18.3. The van der Waals surface area contributed by atoms with Crippen LogP contribution in [0.4, 0.5) is 4.39 Å². The molecule has 1 unspecified atom stereocenters. The summed E-state index contributed by atoms with van der Waals surface area (Å²) in [5.41, 5.74) is 1.38. The summed E-state index contributed by atoms with van der Waals surface area (Å²) in [5, 5.41) is 10.4. The first-order valence-electron chi connectivity index (χ1n) is 5.85. The molecule has 19 heavy (non-hydrogen) atoms. The molecule has 0 bridgehead atoms. The van der Waals surface area contributed by atoms with Gasteiger partial charge in [0.05, 0.1) is 13.2 Å². The fraction of sp³-hybridized carbons (Fsp3) is 0.200. The molecule has 2 nitrogen and oxygen atoms in total. The average Bonchev–Trinajstić information content (AvgIpc) is 2.37. The Morgan fingerprint density at radius 3 is 2.74 bits per heavy atom. The summed E-state index contributed by atoms with van der Waals surface area (Å²) in [7, 11) is 1.59. The molecule has 0 heterocycles. The van der Waals surface area contributed by atoms with Crippen molar-refractivity contribution in [2.75, 3.05) is 7.11 Å². The number of methoxy groups -OCH3 is 1. The third kappa shape index (κ3) is 3.69. The monoisotopic (exact) mass is 280 g/mol. The number of rotatable bonds is 4. The van der Waals surface area contributed by atoms with E-state index in [0.717, 1.165) is 11.3 Å². The molecule has 0 aliphatic rings.